The number of aromatic hydroxyl groups is 1. The minimum atomic E-state index is -0.700. The summed E-state index contributed by atoms with van der Waals surface area (Å²) in [4.78, 5) is 41.0. The molecule has 0 saturated heterocycles. The highest BCUT2D eigenvalue weighted by Gasteiger charge is 2.63. The van der Waals surface area contributed by atoms with Gasteiger partial charge in [0, 0.05) is 31.0 Å². The molecule has 1 unspecified atom stereocenters. The van der Waals surface area contributed by atoms with Gasteiger partial charge in [0.05, 0.1) is 24.1 Å². The molecule has 0 radical (unpaired) electrons. The van der Waals surface area contributed by atoms with Gasteiger partial charge in [-0.15, -0.1) is 0 Å². The number of aryl methyl sites for hydroxylation is 1. The molecule has 0 bridgehead atoms. The summed E-state index contributed by atoms with van der Waals surface area (Å²) in [6, 6.07) is 10.8. The number of carbonyl (C=O) groups excluding carboxylic acids is 3. The highest BCUT2D eigenvalue weighted by Crippen LogP contribution is 2.58. The summed E-state index contributed by atoms with van der Waals surface area (Å²) in [6.45, 7) is 4.01. The molecule has 39 heavy (non-hydrogen) atoms. The molecule has 2 fully saturated rings. The Balaban J connectivity index is 1.31. The van der Waals surface area contributed by atoms with Gasteiger partial charge >= 0.3 is 5.97 Å². The van der Waals surface area contributed by atoms with Crippen LogP contribution in [0.2, 0.25) is 0 Å². The Morgan fingerprint density at radius 2 is 1.95 bits per heavy atom. The van der Waals surface area contributed by atoms with Gasteiger partial charge < -0.3 is 19.9 Å². The number of likely N-dealkylation sites (N-methyl/N-ethyl adjacent to an activating group) is 1. The van der Waals surface area contributed by atoms with Crippen molar-refractivity contribution in [3.63, 3.8) is 0 Å². The van der Waals surface area contributed by atoms with Crippen molar-refractivity contribution in [3.05, 3.63) is 58.7 Å². The van der Waals surface area contributed by atoms with Gasteiger partial charge in [-0.25, -0.2) is 4.79 Å². The van der Waals surface area contributed by atoms with Crippen LogP contribution in [0.5, 0.6) is 11.5 Å². The van der Waals surface area contributed by atoms with Gasteiger partial charge in [0.2, 0.25) is 5.91 Å². The number of phenols is 1. The first-order valence-electron chi connectivity index (χ1n) is 14.1. The van der Waals surface area contributed by atoms with E-state index in [1.165, 1.54) is 20.0 Å². The summed E-state index contributed by atoms with van der Waals surface area (Å²) in [5, 5.41) is 14.1. The number of phenolic OH excluding ortho intramolecular Hbond substituents is 1. The molecule has 1 aliphatic heterocycles. The maximum atomic E-state index is 13.7. The second-order valence-corrected chi connectivity index (χ2v) is 11.5. The molecule has 2 aromatic carbocycles. The molecule has 1 heterocycles. The molecule has 206 valence electrons. The van der Waals surface area contributed by atoms with Gasteiger partial charge in [0.1, 0.15) is 0 Å². The van der Waals surface area contributed by atoms with E-state index in [4.69, 9.17) is 9.47 Å². The Bertz CT molecular complexity index is 1300. The van der Waals surface area contributed by atoms with E-state index in [-0.39, 0.29) is 41.8 Å². The molecular formula is C31H36N2O6. The van der Waals surface area contributed by atoms with E-state index < -0.39 is 11.6 Å². The zero-order chi connectivity index (χ0) is 27.3. The number of ketones is 1. The molecule has 4 aliphatic rings. The Morgan fingerprint density at radius 3 is 2.64 bits per heavy atom. The number of hydrogen-bond donors (Lipinski definition) is 2. The molecule has 0 spiro atoms. The average Bonchev–Trinajstić information content (AvgIpc) is 3.67. The van der Waals surface area contributed by atoms with E-state index in [0.717, 1.165) is 36.2 Å². The minimum Gasteiger partial charge on any atom is -0.504 e. The largest absolute Gasteiger partial charge is 0.504 e. The molecule has 1 amide bonds. The van der Waals surface area contributed by atoms with Crippen molar-refractivity contribution >= 4 is 17.7 Å². The maximum Gasteiger partial charge on any atom is 0.337 e. The van der Waals surface area contributed by atoms with Crippen molar-refractivity contribution in [1.82, 2.24) is 10.2 Å². The second kappa shape index (κ2) is 9.97. The predicted octanol–water partition coefficient (Wildman–Crippen LogP) is 3.53. The highest BCUT2D eigenvalue weighted by molar-refractivity contribution is 5.90. The Morgan fingerprint density at radius 1 is 1.18 bits per heavy atom. The van der Waals surface area contributed by atoms with Gasteiger partial charge in [0.15, 0.2) is 23.4 Å². The van der Waals surface area contributed by atoms with Crippen LogP contribution < -0.4 is 10.1 Å². The average molecular weight is 533 g/mol. The topological polar surface area (TPSA) is 105 Å². The van der Waals surface area contributed by atoms with Crippen LogP contribution in [0.25, 0.3) is 0 Å². The van der Waals surface area contributed by atoms with Crippen LogP contribution in [0.1, 0.15) is 72.0 Å². The number of ether oxygens (including phenoxy) is 2. The molecule has 3 aliphatic carbocycles. The highest BCUT2D eigenvalue weighted by atomic mass is 16.5. The quantitative estimate of drug-likeness (QED) is 0.476. The van der Waals surface area contributed by atoms with E-state index >= 15 is 0 Å². The fourth-order valence-electron chi connectivity index (χ4n) is 7.08. The normalized spacial score (nSPS) is 26.6. The van der Waals surface area contributed by atoms with Gasteiger partial charge in [-0.3, -0.25) is 14.5 Å². The minimum absolute atomic E-state index is 0.0265. The van der Waals surface area contributed by atoms with E-state index in [2.05, 4.69) is 17.1 Å². The fraction of sp³-hybridized carbons (Fsp3) is 0.516. The van der Waals surface area contributed by atoms with Crippen molar-refractivity contribution in [1.29, 1.82) is 0 Å². The lowest BCUT2D eigenvalue weighted by Gasteiger charge is -2.55. The summed E-state index contributed by atoms with van der Waals surface area (Å²) in [5.74, 6) is 0.391. The third-order valence-electron chi connectivity index (χ3n) is 9.21. The number of nitrogens with zero attached hydrogens (tertiary/aromatic N) is 1. The number of nitrogens with one attached hydrogen (secondary N) is 1. The first kappa shape index (κ1) is 25.9. The van der Waals surface area contributed by atoms with Gasteiger partial charge in [-0.1, -0.05) is 25.1 Å². The molecule has 2 N–H and O–H groups in total. The summed E-state index contributed by atoms with van der Waals surface area (Å²) < 4.78 is 10.9. The number of methoxy groups -OCH3 is 1. The van der Waals surface area contributed by atoms with Gasteiger partial charge in [-0.2, -0.15) is 0 Å². The second-order valence-electron chi connectivity index (χ2n) is 11.5. The molecule has 2 saturated carbocycles. The molecule has 2 aromatic rings. The van der Waals surface area contributed by atoms with Crippen LogP contribution >= 0.6 is 0 Å². The lowest BCUT2D eigenvalue weighted by Crippen LogP contribution is -2.71. The number of hydrogen-bond acceptors (Lipinski definition) is 7. The molecular weight excluding hydrogens is 496 g/mol. The Hall–Kier alpha value is -3.39. The van der Waals surface area contributed by atoms with Crippen LogP contribution in [-0.4, -0.2) is 65.6 Å². The van der Waals surface area contributed by atoms with Crippen LogP contribution in [0.15, 0.2) is 36.4 Å². The first-order chi connectivity index (χ1) is 18.8. The number of benzene rings is 2. The van der Waals surface area contributed by atoms with Crippen molar-refractivity contribution in [2.75, 3.05) is 20.2 Å². The van der Waals surface area contributed by atoms with Gasteiger partial charge in [-0.05, 0) is 73.9 Å². The molecule has 0 aromatic heterocycles. The summed E-state index contributed by atoms with van der Waals surface area (Å²) in [5.41, 5.74) is 2.76. The molecule has 6 rings (SSSR count). The molecule has 4 atom stereocenters. The van der Waals surface area contributed by atoms with Crippen molar-refractivity contribution in [3.8, 4) is 11.5 Å². The SMILES string of the molecule is CCN(CC1CC1)[C@@H]1Cc2ccc(O)c3c2C2[C@@H](O3)C(=O)CC[C@]21NC(=O)CCc1ccc(C(=O)OC)cc1. The zero-order valence-electron chi connectivity index (χ0n) is 22.6. The van der Waals surface area contributed by atoms with E-state index in [1.54, 1.807) is 18.2 Å². The third kappa shape index (κ3) is 4.48. The number of rotatable bonds is 9. The Labute approximate surface area is 228 Å². The lowest BCUT2D eigenvalue weighted by molar-refractivity contribution is -0.136. The lowest BCUT2D eigenvalue weighted by atomic mass is 9.59. The van der Waals surface area contributed by atoms with Crippen molar-refractivity contribution in [2.45, 2.75) is 75.5 Å². The van der Waals surface area contributed by atoms with Crippen LogP contribution in [0, 0.1) is 5.92 Å². The zero-order valence-corrected chi connectivity index (χ0v) is 22.6. The molecule has 8 nitrogen and oxygen atoms in total. The first-order valence-corrected chi connectivity index (χ1v) is 14.1. The third-order valence-corrected chi connectivity index (χ3v) is 9.21. The fourth-order valence-corrected chi connectivity index (χ4v) is 7.08. The Kier molecular flexibility index (Phi) is 6.61. The smallest absolute Gasteiger partial charge is 0.337 e. The summed E-state index contributed by atoms with van der Waals surface area (Å²) >= 11 is 0. The summed E-state index contributed by atoms with van der Waals surface area (Å²) in [7, 11) is 1.35. The molecule has 8 heteroatoms. The summed E-state index contributed by atoms with van der Waals surface area (Å²) in [6.07, 6.45) is 4.20. The number of amides is 1. The van der Waals surface area contributed by atoms with Crippen LogP contribution in [0.4, 0.5) is 0 Å². The van der Waals surface area contributed by atoms with Crippen LogP contribution in [0.3, 0.4) is 0 Å². The standard InChI is InChI=1S/C31H36N2O6/c1-3-33(17-19-4-5-19)24-16-21-11-12-22(34)28-26(21)27-29(39-28)23(35)14-15-31(24,27)32-25(36)13-8-18-6-9-20(10-7-18)30(37)38-2/h6-7,9-12,19,24,27,29,34H,3-5,8,13-17H2,1-2H3,(H,32,36)/t24-,27?,29+,31-/m1/s1. The predicted molar refractivity (Wildman–Crippen MR) is 144 cm³/mol. The van der Waals surface area contributed by atoms with E-state index in [0.29, 0.717) is 36.5 Å². The van der Waals surface area contributed by atoms with E-state index in [1.807, 2.05) is 18.2 Å². The number of Topliss-reactive ketones (excluding diaryl/α,β-unsaturated/α-hetero) is 1. The maximum absolute atomic E-state index is 13.7. The van der Waals surface area contributed by atoms with Gasteiger partial charge in [0.25, 0.3) is 0 Å². The monoisotopic (exact) mass is 532 g/mol. The van der Waals surface area contributed by atoms with E-state index in [9.17, 15) is 19.5 Å². The van der Waals surface area contributed by atoms with Crippen LogP contribution in [-0.2, 0) is 27.2 Å². The number of esters is 1. The van der Waals surface area contributed by atoms with Crippen molar-refractivity contribution in [2.24, 2.45) is 5.92 Å². The van der Waals surface area contributed by atoms with Crippen molar-refractivity contribution < 1.29 is 29.0 Å². The number of carbonyl (C=O) groups is 3.